The molecule has 0 aliphatic heterocycles. The predicted molar refractivity (Wildman–Crippen MR) is 116 cm³/mol. The van der Waals surface area contributed by atoms with Crippen molar-refractivity contribution >= 4 is 16.7 Å². The third kappa shape index (κ3) is 6.44. The van der Waals surface area contributed by atoms with Crippen LogP contribution in [0, 0.1) is 12.7 Å². The Hall–Kier alpha value is -3.28. The van der Waals surface area contributed by atoms with E-state index in [-0.39, 0.29) is 22.9 Å². The maximum Gasteiger partial charge on any atom is 0.522 e. The maximum absolute atomic E-state index is 14.9. The molecule has 1 atom stereocenters. The molecule has 12 heteroatoms. The van der Waals surface area contributed by atoms with Crippen LogP contribution in [0.15, 0.2) is 30.3 Å². The molecule has 1 N–H and O–H groups in total. The van der Waals surface area contributed by atoms with E-state index in [1.165, 1.54) is 31.4 Å². The van der Waals surface area contributed by atoms with Gasteiger partial charge in [-0.15, -0.1) is 13.2 Å². The summed E-state index contributed by atoms with van der Waals surface area (Å²) in [5.74, 6) is -3.48. The van der Waals surface area contributed by atoms with Crippen LogP contribution in [0.4, 0.5) is 32.2 Å². The SMILES string of the molecule is COc1cc2nc(C)nc(N[C@H](C)c3cccc(C(C)(F)F)c3F)c2cc1OCCOC(F)(F)F. The average molecular weight is 503 g/mol. The molecule has 0 saturated carbocycles. The summed E-state index contributed by atoms with van der Waals surface area (Å²) in [6.45, 7) is 2.66. The largest absolute Gasteiger partial charge is 0.522 e. The van der Waals surface area contributed by atoms with Crippen LogP contribution in [0.5, 0.6) is 11.5 Å². The second kappa shape index (κ2) is 10.1. The number of rotatable bonds is 9. The quantitative estimate of drug-likeness (QED) is 0.274. The number of methoxy groups -OCH3 is 1. The molecule has 3 aromatic rings. The fourth-order valence-corrected chi connectivity index (χ4v) is 3.45. The number of ether oxygens (including phenoxy) is 3. The second-order valence-corrected chi connectivity index (χ2v) is 7.75. The van der Waals surface area contributed by atoms with Crippen molar-refractivity contribution in [3.8, 4) is 11.5 Å². The average Bonchev–Trinajstić information content (AvgIpc) is 2.74. The van der Waals surface area contributed by atoms with E-state index in [4.69, 9.17) is 9.47 Å². The van der Waals surface area contributed by atoms with Crippen LogP contribution in [0.1, 0.15) is 36.8 Å². The van der Waals surface area contributed by atoms with E-state index in [2.05, 4.69) is 20.0 Å². The number of anilines is 1. The van der Waals surface area contributed by atoms with Gasteiger partial charge in [-0.1, -0.05) is 18.2 Å². The highest BCUT2D eigenvalue weighted by Gasteiger charge is 2.30. The third-order valence-electron chi connectivity index (χ3n) is 5.02. The number of benzene rings is 2. The zero-order valence-electron chi connectivity index (χ0n) is 19.3. The predicted octanol–water partition coefficient (Wildman–Crippen LogP) is 6.29. The van der Waals surface area contributed by atoms with Crippen molar-refractivity contribution in [3.63, 3.8) is 0 Å². The Bertz CT molecular complexity index is 1200. The van der Waals surface area contributed by atoms with Crippen molar-refractivity contribution in [2.45, 2.75) is 39.1 Å². The molecule has 190 valence electrons. The summed E-state index contributed by atoms with van der Waals surface area (Å²) in [7, 11) is 1.36. The number of hydrogen-bond donors (Lipinski definition) is 1. The van der Waals surface area contributed by atoms with Crippen molar-refractivity contribution < 1.29 is 40.6 Å². The van der Waals surface area contributed by atoms with Crippen molar-refractivity contribution in [1.82, 2.24) is 9.97 Å². The number of alkyl halides is 5. The van der Waals surface area contributed by atoms with Gasteiger partial charge in [0.05, 0.1) is 30.8 Å². The third-order valence-corrected chi connectivity index (χ3v) is 5.02. The molecule has 0 unspecified atom stereocenters. The van der Waals surface area contributed by atoms with Gasteiger partial charge in [0.1, 0.15) is 24.1 Å². The van der Waals surface area contributed by atoms with Crippen LogP contribution < -0.4 is 14.8 Å². The number of nitrogens with one attached hydrogen (secondary N) is 1. The first kappa shape index (κ1) is 26.3. The van der Waals surface area contributed by atoms with Crippen LogP contribution >= 0.6 is 0 Å². The molecule has 35 heavy (non-hydrogen) atoms. The monoisotopic (exact) mass is 503 g/mol. The lowest BCUT2D eigenvalue weighted by molar-refractivity contribution is -0.325. The Balaban J connectivity index is 1.95. The smallest absolute Gasteiger partial charge is 0.493 e. The highest BCUT2D eigenvalue weighted by atomic mass is 19.4. The van der Waals surface area contributed by atoms with Gasteiger partial charge in [0.2, 0.25) is 0 Å². The molecule has 1 aromatic heterocycles. The lowest BCUT2D eigenvalue weighted by Gasteiger charge is -2.21. The van der Waals surface area contributed by atoms with E-state index in [9.17, 15) is 26.3 Å². The molecular weight excluding hydrogens is 480 g/mol. The van der Waals surface area contributed by atoms with E-state index in [0.29, 0.717) is 23.7 Å². The lowest BCUT2D eigenvalue weighted by Crippen LogP contribution is -2.18. The van der Waals surface area contributed by atoms with Gasteiger partial charge in [0, 0.05) is 23.9 Å². The van der Waals surface area contributed by atoms with Gasteiger partial charge in [-0.2, -0.15) is 0 Å². The summed E-state index contributed by atoms with van der Waals surface area (Å²) in [4.78, 5) is 8.66. The minimum Gasteiger partial charge on any atom is -0.493 e. The molecule has 0 saturated heterocycles. The first-order valence-corrected chi connectivity index (χ1v) is 10.4. The summed E-state index contributed by atoms with van der Waals surface area (Å²) in [5, 5.41) is 3.40. The van der Waals surface area contributed by atoms with Crippen molar-refractivity contribution in [2.24, 2.45) is 0 Å². The van der Waals surface area contributed by atoms with Crippen LogP contribution in [0.2, 0.25) is 0 Å². The Morgan fingerprint density at radius 2 is 1.74 bits per heavy atom. The summed E-state index contributed by atoms with van der Waals surface area (Å²) >= 11 is 0. The molecule has 3 rings (SSSR count). The van der Waals surface area contributed by atoms with Gasteiger partial charge in [-0.25, -0.2) is 23.1 Å². The molecular formula is C23H23F6N3O3. The Kier molecular flexibility index (Phi) is 7.63. The van der Waals surface area contributed by atoms with Crippen LogP contribution in [-0.2, 0) is 10.7 Å². The first-order chi connectivity index (χ1) is 16.3. The molecule has 6 nitrogen and oxygen atoms in total. The van der Waals surface area contributed by atoms with Crippen LogP contribution in [-0.4, -0.2) is 36.7 Å². The Morgan fingerprint density at radius 1 is 1.03 bits per heavy atom. The van der Waals surface area contributed by atoms with Gasteiger partial charge in [0.25, 0.3) is 5.92 Å². The molecule has 2 aromatic carbocycles. The Morgan fingerprint density at radius 3 is 2.37 bits per heavy atom. The number of nitrogens with zero attached hydrogens (tertiary/aromatic N) is 2. The molecule has 0 fully saturated rings. The van der Waals surface area contributed by atoms with Gasteiger partial charge < -0.3 is 14.8 Å². The topological polar surface area (TPSA) is 65.5 Å². The number of halogens is 6. The fraction of sp³-hybridized carbons (Fsp3) is 0.391. The minimum absolute atomic E-state index is 0.00252. The van der Waals surface area contributed by atoms with Gasteiger partial charge >= 0.3 is 6.36 Å². The molecule has 0 radical (unpaired) electrons. The normalized spacial score (nSPS) is 13.1. The van der Waals surface area contributed by atoms with E-state index >= 15 is 0 Å². The molecule has 0 aliphatic rings. The van der Waals surface area contributed by atoms with Gasteiger partial charge in [-0.05, 0) is 19.9 Å². The maximum atomic E-state index is 14.9. The van der Waals surface area contributed by atoms with Crippen molar-refractivity contribution in [3.05, 3.63) is 53.1 Å². The highest BCUT2D eigenvalue weighted by molar-refractivity contribution is 5.92. The van der Waals surface area contributed by atoms with E-state index < -0.39 is 42.9 Å². The summed E-state index contributed by atoms with van der Waals surface area (Å²) in [5.41, 5.74) is -0.311. The zero-order chi connectivity index (χ0) is 26.0. The molecule has 0 spiro atoms. The standard InChI is InChI=1S/C23H23F6N3O3/c1-12(14-6-5-7-16(20(14)24)22(3,25)26)30-21-15-10-19(34-8-9-35-23(27,28)29)18(33-4)11-17(15)31-13(2)32-21/h5-7,10-12H,8-9H2,1-4H3,(H,30,31,32)/t12-/m1/s1. The van der Waals surface area contributed by atoms with Gasteiger partial charge in [-0.3, -0.25) is 4.74 Å². The first-order valence-electron chi connectivity index (χ1n) is 10.4. The summed E-state index contributed by atoms with van der Waals surface area (Å²) in [6.07, 6.45) is -4.79. The molecule has 0 aliphatic carbocycles. The summed E-state index contributed by atoms with van der Waals surface area (Å²) < 4.78 is 93.4. The van der Waals surface area contributed by atoms with Crippen LogP contribution in [0.25, 0.3) is 10.9 Å². The number of aryl methyl sites for hydroxylation is 1. The number of fused-ring (bicyclic) bond motifs is 1. The zero-order valence-corrected chi connectivity index (χ0v) is 19.3. The fourth-order valence-electron chi connectivity index (χ4n) is 3.45. The lowest BCUT2D eigenvalue weighted by atomic mass is 10.0. The number of aromatic nitrogens is 2. The molecule has 1 heterocycles. The van der Waals surface area contributed by atoms with Crippen molar-refractivity contribution in [1.29, 1.82) is 0 Å². The molecule has 0 amide bonds. The van der Waals surface area contributed by atoms with E-state index in [0.717, 1.165) is 6.07 Å². The van der Waals surface area contributed by atoms with E-state index in [1.807, 2.05) is 0 Å². The van der Waals surface area contributed by atoms with Crippen molar-refractivity contribution in [2.75, 3.05) is 25.6 Å². The minimum atomic E-state index is -4.79. The number of hydrogen-bond acceptors (Lipinski definition) is 6. The van der Waals surface area contributed by atoms with E-state index in [1.54, 1.807) is 13.8 Å². The summed E-state index contributed by atoms with van der Waals surface area (Å²) in [6, 6.07) is 5.95. The molecule has 0 bridgehead atoms. The second-order valence-electron chi connectivity index (χ2n) is 7.75. The van der Waals surface area contributed by atoms with Crippen LogP contribution in [0.3, 0.4) is 0 Å². The Labute approximate surface area is 197 Å². The highest BCUT2D eigenvalue weighted by Crippen LogP contribution is 2.37. The van der Waals surface area contributed by atoms with Gasteiger partial charge in [0.15, 0.2) is 11.5 Å².